The van der Waals surface area contributed by atoms with Crippen LogP contribution in [-0.2, 0) is 11.3 Å². The second-order valence-corrected chi connectivity index (χ2v) is 5.51. The third-order valence-electron chi connectivity index (χ3n) is 3.32. The van der Waals surface area contributed by atoms with Crippen molar-refractivity contribution in [2.24, 2.45) is 11.7 Å². The number of amides is 1. The van der Waals surface area contributed by atoms with Crippen LogP contribution in [0.25, 0.3) is 0 Å². The summed E-state index contributed by atoms with van der Waals surface area (Å²) in [5.41, 5.74) is 5.58. The fourth-order valence-corrected chi connectivity index (χ4v) is 1.93. The molecule has 0 bridgehead atoms. The molecule has 1 aromatic rings. The Hall–Kier alpha value is -1.29. The van der Waals surface area contributed by atoms with E-state index in [9.17, 15) is 4.79 Å². The number of carbonyl (C=O) groups is 1. The average Bonchev–Trinajstić information content (AvgIpc) is 2.77. The van der Waals surface area contributed by atoms with Crippen molar-refractivity contribution in [3.05, 3.63) is 23.7 Å². The number of hydrogen-bond acceptors (Lipinski definition) is 3. The highest BCUT2D eigenvalue weighted by Gasteiger charge is 2.19. The number of hydrogen-bond donors (Lipinski definition) is 1. The Bertz CT molecular complexity index is 399. The van der Waals surface area contributed by atoms with Crippen LogP contribution in [0.15, 0.2) is 16.5 Å². The molecule has 0 aliphatic heterocycles. The van der Waals surface area contributed by atoms with Gasteiger partial charge in [0, 0.05) is 12.5 Å². The topological polar surface area (TPSA) is 59.5 Å². The third kappa shape index (κ3) is 5.07. The first-order chi connectivity index (χ1) is 8.93. The first kappa shape index (κ1) is 15.8. The van der Waals surface area contributed by atoms with E-state index in [0.29, 0.717) is 25.4 Å². The van der Waals surface area contributed by atoms with E-state index in [1.165, 1.54) is 0 Å². The highest BCUT2D eigenvalue weighted by molar-refractivity contribution is 5.76. The van der Waals surface area contributed by atoms with Gasteiger partial charge >= 0.3 is 0 Å². The van der Waals surface area contributed by atoms with Crippen LogP contribution in [0.5, 0.6) is 0 Å². The number of rotatable bonds is 7. The Morgan fingerprint density at radius 2 is 2.05 bits per heavy atom. The van der Waals surface area contributed by atoms with E-state index in [1.54, 1.807) is 0 Å². The monoisotopic (exact) mass is 266 g/mol. The molecule has 4 heteroatoms. The summed E-state index contributed by atoms with van der Waals surface area (Å²) in [6, 6.07) is 4.03. The number of nitrogens with two attached hydrogens (primary N) is 1. The standard InChI is InChI=1S/C15H26N2O2/c1-11(2)17(10-14-7-6-13(4)19-14)15(18)8-5-12(3)9-16/h6-7,11-12H,5,8-10,16H2,1-4H3. The van der Waals surface area contributed by atoms with Crippen molar-refractivity contribution in [3.63, 3.8) is 0 Å². The molecule has 0 spiro atoms. The molecule has 1 amide bonds. The van der Waals surface area contributed by atoms with Crippen LogP contribution in [0.3, 0.4) is 0 Å². The smallest absolute Gasteiger partial charge is 0.223 e. The molecule has 0 saturated heterocycles. The van der Waals surface area contributed by atoms with Crippen LogP contribution >= 0.6 is 0 Å². The Morgan fingerprint density at radius 3 is 2.53 bits per heavy atom. The third-order valence-corrected chi connectivity index (χ3v) is 3.32. The van der Waals surface area contributed by atoms with Crippen molar-refractivity contribution >= 4 is 5.91 Å². The molecule has 0 radical (unpaired) electrons. The van der Waals surface area contributed by atoms with Crippen LogP contribution in [0, 0.1) is 12.8 Å². The van der Waals surface area contributed by atoms with E-state index >= 15 is 0 Å². The maximum atomic E-state index is 12.3. The Kier molecular flexibility index (Phi) is 6.09. The van der Waals surface area contributed by atoms with Gasteiger partial charge < -0.3 is 15.1 Å². The molecule has 0 aliphatic rings. The molecule has 0 saturated carbocycles. The highest BCUT2D eigenvalue weighted by Crippen LogP contribution is 2.15. The zero-order chi connectivity index (χ0) is 14.4. The molecular formula is C15H26N2O2. The zero-order valence-corrected chi connectivity index (χ0v) is 12.5. The summed E-state index contributed by atoms with van der Waals surface area (Å²) in [7, 11) is 0. The van der Waals surface area contributed by atoms with Crippen molar-refractivity contribution < 1.29 is 9.21 Å². The van der Waals surface area contributed by atoms with E-state index in [4.69, 9.17) is 10.2 Å². The minimum absolute atomic E-state index is 0.171. The fourth-order valence-electron chi connectivity index (χ4n) is 1.93. The van der Waals surface area contributed by atoms with Crippen molar-refractivity contribution in [1.82, 2.24) is 4.90 Å². The molecule has 19 heavy (non-hydrogen) atoms. The molecular weight excluding hydrogens is 240 g/mol. The predicted octanol–water partition coefficient (Wildman–Crippen LogP) is 2.70. The average molecular weight is 266 g/mol. The Labute approximate surface area is 116 Å². The Balaban J connectivity index is 2.59. The van der Waals surface area contributed by atoms with Crippen LogP contribution < -0.4 is 5.73 Å². The van der Waals surface area contributed by atoms with Crippen molar-refractivity contribution in [3.8, 4) is 0 Å². The molecule has 0 aromatic carbocycles. The number of nitrogens with zero attached hydrogens (tertiary/aromatic N) is 1. The minimum atomic E-state index is 0.171. The largest absolute Gasteiger partial charge is 0.464 e. The van der Waals surface area contributed by atoms with Gasteiger partial charge in [-0.15, -0.1) is 0 Å². The molecule has 0 aliphatic carbocycles. The van der Waals surface area contributed by atoms with Gasteiger partial charge in [-0.2, -0.15) is 0 Å². The van der Waals surface area contributed by atoms with Crippen molar-refractivity contribution in [2.45, 2.75) is 53.1 Å². The van der Waals surface area contributed by atoms with E-state index in [1.807, 2.05) is 37.8 Å². The molecule has 4 nitrogen and oxygen atoms in total. The lowest BCUT2D eigenvalue weighted by Gasteiger charge is -2.26. The van der Waals surface area contributed by atoms with Gasteiger partial charge in [-0.1, -0.05) is 6.92 Å². The second kappa shape index (κ2) is 7.34. The van der Waals surface area contributed by atoms with Gasteiger partial charge in [-0.25, -0.2) is 0 Å². The first-order valence-electron chi connectivity index (χ1n) is 6.98. The lowest BCUT2D eigenvalue weighted by Crippen LogP contribution is -2.36. The van der Waals surface area contributed by atoms with Gasteiger partial charge in [0.05, 0.1) is 6.54 Å². The lowest BCUT2D eigenvalue weighted by atomic mass is 10.1. The molecule has 108 valence electrons. The fraction of sp³-hybridized carbons (Fsp3) is 0.667. The summed E-state index contributed by atoms with van der Waals surface area (Å²) in [6.07, 6.45) is 1.39. The molecule has 1 rings (SSSR count). The normalized spacial score (nSPS) is 12.7. The van der Waals surface area contributed by atoms with Crippen molar-refractivity contribution in [2.75, 3.05) is 6.54 Å². The molecule has 1 unspecified atom stereocenters. The van der Waals surface area contributed by atoms with Gasteiger partial charge in [0.25, 0.3) is 0 Å². The molecule has 1 heterocycles. The molecule has 1 aromatic heterocycles. The molecule has 2 N–H and O–H groups in total. The zero-order valence-electron chi connectivity index (χ0n) is 12.5. The van der Waals surface area contributed by atoms with Crippen LogP contribution in [0.4, 0.5) is 0 Å². The van der Waals surface area contributed by atoms with E-state index < -0.39 is 0 Å². The van der Waals surface area contributed by atoms with E-state index in [2.05, 4.69) is 6.92 Å². The minimum Gasteiger partial charge on any atom is -0.464 e. The number of furan rings is 1. The van der Waals surface area contributed by atoms with E-state index in [0.717, 1.165) is 17.9 Å². The highest BCUT2D eigenvalue weighted by atomic mass is 16.3. The Morgan fingerprint density at radius 1 is 1.37 bits per heavy atom. The number of aryl methyl sites for hydroxylation is 1. The summed E-state index contributed by atoms with van der Waals surface area (Å²) in [5.74, 6) is 2.28. The predicted molar refractivity (Wildman–Crippen MR) is 76.6 cm³/mol. The van der Waals surface area contributed by atoms with E-state index in [-0.39, 0.29) is 11.9 Å². The van der Waals surface area contributed by atoms with Gasteiger partial charge in [-0.05, 0) is 51.8 Å². The summed E-state index contributed by atoms with van der Waals surface area (Å²) in [6.45, 7) is 9.21. The van der Waals surface area contributed by atoms with Gasteiger partial charge in [0.2, 0.25) is 5.91 Å². The first-order valence-corrected chi connectivity index (χ1v) is 6.98. The lowest BCUT2D eigenvalue weighted by molar-refractivity contribution is -0.134. The summed E-state index contributed by atoms with van der Waals surface area (Å²) in [4.78, 5) is 14.1. The van der Waals surface area contributed by atoms with Gasteiger partial charge in [0.15, 0.2) is 0 Å². The molecule has 0 fully saturated rings. The molecule has 1 atom stereocenters. The summed E-state index contributed by atoms with van der Waals surface area (Å²) in [5, 5.41) is 0. The SMILES string of the molecule is Cc1ccc(CN(C(=O)CCC(C)CN)C(C)C)o1. The number of carbonyl (C=O) groups excluding carboxylic acids is 1. The van der Waals surface area contributed by atoms with Crippen molar-refractivity contribution in [1.29, 1.82) is 0 Å². The summed E-state index contributed by atoms with van der Waals surface area (Å²) < 4.78 is 5.55. The van der Waals surface area contributed by atoms with Crippen LogP contribution in [0.2, 0.25) is 0 Å². The quantitative estimate of drug-likeness (QED) is 0.825. The van der Waals surface area contributed by atoms with Crippen LogP contribution in [-0.4, -0.2) is 23.4 Å². The summed E-state index contributed by atoms with van der Waals surface area (Å²) >= 11 is 0. The maximum Gasteiger partial charge on any atom is 0.223 e. The second-order valence-electron chi connectivity index (χ2n) is 5.51. The van der Waals surface area contributed by atoms with Gasteiger partial charge in [0.1, 0.15) is 11.5 Å². The van der Waals surface area contributed by atoms with Gasteiger partial charge in [-0.3, -0.25) is 4.79 Å². The van der Waals surface area contributed by atoms with Crippen LogP contribution in [0.1, 0.15) is 45.1 Å². The maximum absolute atomic E-state index is 12.3.